The molecule has 0 aromatic heterocycles. The first-order chi connectivity index (χ1) is 12.9. The first-order valence-electron chi connectivity index (χ1n) is 9.28. The number of carbonyl (C=O) groups excluding carboxylic acids is 1. The van der Waals surface area contributed by atoms with E-state index in [0.29, 0.717) is 12.1 Å². The summed E-state index contributed by atoms with van der Waals surface area (Å²) in [6.45, 7) is 3.31. The van der Waals surface area contributed by atoms with Crippen molar-refractivity contribution in [2.75, 3.05) is 43.6 Å². The van der Waals surface area contributed by atoms with E-state index in [9.17, 15) is 21.6 Å². The lowest BCUT2D eigenvalue weighted by molar-refractivity contribution is 0.0915. The minimum absolute atomic E-state index is 0.0368. The predicted molar refractivity (Wildman–Crippen MR) is 108 cm³/mol. The van der Waals surface area contributed by atoms with Crippen molar-refractivity contribution in [1.82, 2.24) is 9.62 Å². The zero-order valence-corrected chi connectivity index (χ0v) is 18.1. The van der Waals surface area contributed by atoms with Gasteiger partial charge in [0.1, 0.15) is 0 Å². The fraction of sp³-hybridized carbons (Fsp3) is 0.611. The van der Waals surface area contributed by atoms with E-state index in [2.05, 4.69) is 10.2 Å². The van der Waals surface area contributed by atoms with Crippen LogP contribution in [-0.2, 0) is 19.9 Å². The van der Waals surface area contributed by atoms with Gasteiger partial charge in [-0.05, 0) is 44.4 Å². The summed E-state index contributed by atoms with van der Waals surface area (Å²) in [5, 5.41) is 2.85. The van der Waals surface area contributed by atoms with Gasteiger partial charge >= 0.3 is 0 Å². The van der Waals surface area contributed by atoms with E-state index in [1.54, 1.807) is 13.0 Å². The first kappa shape index (κ1) is 21.1. The van der Waals surface area contributed by atoms with Crippen molar-refractivity contribution in [3.63, 3.8) is 0 Å². The SMILES string of the molecule is CN(C)S(=O)(=O)c1ccc(N2CCCC2)c(C(=O)N[C@]2(C)CCS(=O)(=O)C2)c1. The molecular formula is C18H27N3O5S2. The van der Waals surface area contributed by atoms with Gasteiger partial charge in [-0.2, -0.15) is 0 Å². The Balaban J connectivity index is 1.99. The summed E-state index contributed by atoms with van der Waals surface area (Å²) in [5.74, 6) is -0.518. The van der Waals surface area contributed by atoms with Gasteiger partial charge in [0.15, 0.2) is 9.84 Å². The van der Waals surface area contributed by atoms with Crippen LogP contribution in [0.2, 0.25) is 0 Å². The van der Waals surface area contributed by atoms with E-state index >= 15 is 0 Å². The number of sulfone groups is 1. The molecule has 0 spiro atoms. The molecule has 2 fully saturated rings. The van der Waals surface area contributed by atoms with E-state index in [-0.39, 0.29) is 22.0 Å². The molecule has 0 bridgehead atoms. The van der Waals surface area contributed by atoms with Crippen LogP contribution in [0.1, 0.15) is 36.5 Å². The van der Waals surface area contributed by atoms with E-state index in [1.807, 2.05) is 0 Å². The minimum atomic E-state index is -3.70. The van der Waals surface area contributed by atoms with Crippen LogP contribution in [0.15, 0.2) is 23.1 Å². The van der Waals surface area contributed by atoms with Gasteiger partial charge in [0, 0.05) is 32.9 Å². The van der Waals surface area contributed by atoms with Crippen LogP contribution in [0.4, 0.5) is 5.69 Å². The topological polar surface area (TPSA) is 104 Å². The van der Waals surface area contributed by atoms with Crippen LogP contribution >= 0.6 is 0 Å². The van der Waals surface area contributed by atoms with Crippen LogP contribution < -0.4 is 10.2 Å². The van der Waals surface area contributed by atoms with Crippen LogP contribution in [0.25, 0.3) is 0 Å². The Labute approximate surface area is 166 Å². The Bertz CT molecular complexity index is 982. The molecule has 156 valence electrons. The van der Waals surface area contributed by atoms with Gasteiger partial charge in [-0.15, -0.1) is 0 Å². The normalized spacial score (nSPS) is 24.6. The highest BCUT2D eigenvalue weighted by atomic mass is 32.2. The van der Waals surface area contributed by atoms with Crippen LogP contribution in [0.5, 0.6) is 0 Å². The van der Waals surface area contributed by atoms with E-state index in [4.69, 9.17) is 0 Å². The summed E-state index contributed by atoms with van der Waals surface area (Å²) in [7, 11) is -4.00. The van der Waals surface area contributed by atoms with E-state index < -0.39 is 31.3 Å². The van der Waals surface area contributed by atoms with Crippen LogP contribution in [0.3, 0.4) is 0 Å². The monoisotopic (exact) mass is 429 g/mol. The molecule has 1 aromatic rings. The highest BCUT2D eigenvalue weighted by Gasteiger charge is 2.40. The predicted octanol–water partition coefficient (Wildman–Crippen LogP) is 0.844. The fourth-order valence-corrected chi connectivity index (χ4v) is 6.77. The molecule has 28 heavy (non-hydrogen) atoms. The number of hydrogen-bond donors (Lipinski definition) is 1. The summed E-state index contributed by atoms with van der Waals surface area (Å²) in [4.78, 5) is 15.2. The number of nitrogens with one attached hydrogen (secondary N) is 1. The molecule has 1 amide bonds. The number of rotatable bonds is 5. The van der Waals surface area contributed by atoms with Gasteiger partial charge < -0.3 is 10.2 Å². The Kier molecular flexibility index (Phi) is 5.50. The summed E-state index contributed by atoms with van der Waals surface area (Å²) in [6.07, 6.45) is 2.36. The van der Waals surface area contributed by atoms with Crippen molar-refractivity contribution in [1.29, 1.82) is 0 Å². The zero-order valence-electron chi connectivity index (χ0n) is 16.4. The number of nitrogens with zero attached hydrogens (tertiary/aromatic N) is 2. The lowest BCUT2D eigenvalue weighted by Gasteiger charge is -2.27. The second kappa shape index (κ2) is 7.31. The number of sulfonamides is 1. The highest BCUT2D eigenvalue weighted by molar-refractivity contribution is 7.91. The fourth-order valence-electron chi connectivity index (χ4n) is 3.75. The molecule has 1 aromatic carbocycles. The van der Waals surface area contributed by atoms with Gasteiger partial charge in [0.25, 0.3) is 5.91 Å². The van der Waals surface area contributed by atoms with E-state index in [1.165, 1.54) is 26.2 Å². The van der Waals surface area contributed by atoms with Gasteiger partial charge in [0.2, 0.25) is 10.0 Å². The van der Waals surface area contributed by atoms with Gasteiger partial charge in [0.05, 0.1) is 27.5 Å². The maximum absolute atomic E-state index is 13.1. The second-order valence-corrected chi connectivity index (χ2v) is 12.4. The van der Waals surface area contributed by atoms with Gasteiger partial charge in [-0.1, -0.05) is 0 Å². The average molecular weight is 430 g/mol. The summed E-state index contributed by atoms with van der Waals surface area (Å²) in [6, 6.07) is 4.58. The van der Waals surface area contributed by atoms with Crippen molar-refractivity contribution >= 4 is 31.5 Å². The lowest BCUT2D eigenvalue weighted by atomic mass is 10.0. The van der Waals surface area contributed by atoms with Crippen molar-refractivity contribution in [3.05, 3.63) is 23.8 Å². The molecule has 2 aliphatic heterocycles. The molecule has 2 heterocycles. The Morgan fingerprint density at radius 2 is 1.86 bits per heavy atom. The molecule has 2 saturated heterocycles. The maximum atomic E-state index is 13.1. The number of amides is 1. The van der Waals surface area contributed by atoms with Crippen molar-refractivity contribution in [3.8, 4) is 0 Å². The quantitative estimate of drug-likeness (QED) is 0.744. The van der Waals surface area contributed by atoms with Crippen LogP contribution in [-0.4, -0.2) is 71.3 Å². The smallest absolute Gasteiger partial charge is 0.253 e. The third-order valence-electron chi connectivity index (χ3n) is 5.36. The third-order valence-corrected chi connectivity index (χ3v) is 9.07. The standard InChI is InChI=1S/C18H27N3O5S2/c1-18(8-11-27(23,24)13-18)19-17(22)15-12-14(28(25,26)20(2)3)6-7-16(15)21-9-4-5-10-21/h6-7,12H,4-5,8-11,13H2,1-3H3,(H,19,22)/t18-/m1/s1. The van der Waals surface area contributed by atoms with Gasteiger partial charge in [-0.3, -0.25) is 4.79 Å². The third kappa shape index (κ3) is 4.18. The zero-order chi connectivity index (χ0) is 20.7. The Morgan fingerprint density at radius 3 is 2.39 bits per heavy atom. The lowest BCUT2D eigenvalue weighted by Crippen LogP contribution is -2.47. The molecule has 2 aliphatic rings. The highest BCUT2D eigenvalue weighted by Crippen LogP contribution is 2.30. The van der Waals surface area contributed by atoms with Crippen LogP contribution in [0, 0.1) is 0 Å². The molecule has 1 N–H and O–H groups in total. The van der Waals surface area contributed by atoms with Crippen molar-refractivity contribution in [2.45, 2.75) is 36.6 Å². The maximum Gasteiger partial charge on any atom is 0.253 e. The molecule has 0 radical (unpaired) electrons. The molecular weight excluding hydrogens is 402 g/mol. The summed E-state index contributed by atoms with van der Waals surface area (Å²) < 4.78 is 49.9. The molecule has 8 nitrogen and oxygen atoms in total. The summed E-state index contributed by atoms with van der Waals surface area (Å²) >= 11 is 0. The van der Waals surface area contributed by atoms with Crippen molar-refractivity contribution < 1.29 is 21.6 Å². The number of benzene rings is 1. The Morgan fingerprint density at radius 1 is 1.21 bits per heavy atom. The molecule has 0 aliphatic carbocycles. The number of hydrogen-bond acceptors (Lipinski definition) is 6. The van der Waals surface area contributed by atoms with Gasteiger partial charge in [-0.25, -0.2) is 21.1 Å². The molecule has 1 atom stereocenters. The Hall–Kier alpha value is -1.65. The number of anilines is 1. The molecule has 3 rings (SSSR count). The largest absolute Gasteiger partial charge is 0.371 e. The second-order valence-electron chi connectivity index (χ2n) is 8.02. The first-order valence-corrected chi connectivity index (χ1v) is 12.5. The summed E-state index contributed by atoms with van der Waals surface area (Å²) in [5.41, 5.74) is 0.0850. The molecule has 10 heteroatoms. The average Bonchev–Trinajstić information content (AvgIpc) is 3.22. The molecule has 0 unspecified atom stereocenters. The molecule has 0 saturated carbocycles. The van der Waals surface area contributed by atoms with E-state index in [0.717, 1.165) is 30.2 Å². The minimum Gasteiger partial charge on any atom is -0.371 e. The number of carbonyl (C=O) groups is 1. The van der Waals surface area contributed by atoms with Crippen molar-refractivity contribution in [2.24, 2.45) is 0 Å².